The van der Waals surface area contributed by atoms with Crippen LogP contribution in [0.5, 0.6) is 0 Å². The summed E-state index contributed by atoms with van der Waals surface area (Å²) in [5.74, 6) is 5.72. The standard InChI is InChI=1S/C20H24N4O2/c1-19(2,25)6-5-15-9-16-17(14-10-22-23-11-14)13-24(18(16)12-21-15)8-7-20(3,4)26/h9-13,25-26H,7-8H2,1-4H3,(H,22,23). The van der Waals surface area contributed by atoms with E-state index >= 15 is 0 Å². The highest BCUT2D eigenvalue weighted by Crippen LogP contribution is 2.30. The van der Waals surface area contributed by atoms with Crippen LogP contribution >= 0.6 is 0 Å². The van der Waals surface area contributed by atoms with Gasteiger partial charge in [-0.05, 0) is 46.1 Å². The number of hydrogen-bond donors (Lipinski definition) is 3. The number of rotatable bonds is 4. The second-order valence-corrected chi connectivity index (χ2v) is 7.68. The minimum Gasteiger partial charge on any atom is -0.390 e. The van der Waals surface area contributed by atoms with Gasteiger partial charge in [-0.15, -0.1) is 0 Å². The van der Waals surface area contributed by atoms with Gasteiger partial charge >= 0.3 is 0 Å². The van der Waals surface area contributed by atoms with Crippen LogP contribution in [0.15, 0.2) is 30.9 Å². The lowest BCUT2D eigenvalue weighted by atomic mass is 10.1. The first-order valence-corrected chi connectivity index (χ1v) is 8.58. The van der Waals surface area contributed by atoms with E-state index in [9.17, 15) is 10.2 Å². The van der Waals surface area contributed by atoms with Crippen molar-refractivity contribution in [2.24, 2.45) is 0 Å². The smallest absolute Gasteiger partial charge is 0.120 e. The first-order valence-electron chi connectivity index (χ1n) is 8.58. The fraction of sp³-hybridized carbons (Fsp3) is 0.400. The van der Waals surface area contributed by atoms with Crippen LogP contribution in [0.3, 0.4) is 0 Å². The van der Waals surface area contributed by atoms with E-state index in [0.29, 0.717) is 18.7 Å². The van der Waals surface area contributed by atoms with Gasteiger partial charge in [0.05, 0.1) is 23.5 Å². The Morgan fingerprint density at radius 3 is 2.58 bits per heavy atom. The molecule has 0 bridgehead atoms. The van der Waals surface area contributed by atoms with Crippen LogP contribution in [-0.4, -0.2) is 41.2 Å². The molecule has 0 aliphatic rings. The average Bonchev–Trinajstić information content (AvgIpc) is 3.16. The molecule has 0 aromatic carbocycles. The Bertz CT molecular complexity index is 962. The molecule has 0 atom stereocenters. The predicted octanol–water partition coefficient (Wildman–Crippen LogP) is 2.71. The van der Waals surface area contributed by atoms with E-state index in [0.717, 1.165) is 22.0 Å². The van der Waals surface area contributed by atoms with Crippen LogP contribution in [0.25, 0.3) is 22.0 Å². The van der Waals surface area contributed by atoms with Crippen molar-refractivity contribution in [3.63, 3.8) is 0 Å². The topological polar surface area (TPSA) is 87.0 Å². The van der Waals surface area contributed by atoms with E-state index in [1.807, 2.05) is 12.3 Å². The molecule has 3 heterocycles. The first kappa shape index (κ1) is 18.2. The second kappa shape index (κ2) is 6.60. The van der Waals surface area contributed by atoms with Crippen LogP contribution in [0.2, 0.25) is 0 Å². The van der Waals surface area contributed by atoms with E-state index in [2.05, 4.69) is 37.8 Å². The second-order valence-electron chi connectivity index (χ2n) is 7.68. The number of aryl methyl sites for hydroxylation is 1. The van der Waals surface area contributed by atoms with Gasteiger partial charge in [0.2, 0.25) is 0 Å². The van der Waals surface area contributed by atoms with Gasteiger partial charge in [-0.25, -0.2) is 4.98 Å². The molecule has 3 rings (SSSR count). The Labute approximate surface area is 152 Å². The molecular formula is C20H24N4O2. The Balaban J connectivity index is 2.08. The van der Waals surface area contributed by atoms with E-state index < -0.39 is 11.2 Å². The zero-order valence-electron chi connectivity index (χ0n) is 15.5. The van der Waals surface area contributed by atoms with Crippen molar-refractivity contribution >= 4 is 10.9 Å². The van der Waals surface area contributed by atoms with Crippen LogP contribution in [0, 0.1) is 11.8 Å². The third kappa shape index (κ3) is 4.31. The minimum absolute atomic E-state index is 0.601. The van der Waals surface area contributed by atoms with Gasteiger partial charge < -0.3 is 14.8 Å². The van der Waals surface area contributed by atoms with E-state index in [4.69, 9.17) is 0 Å². The molecule has 0 saturated carbocycles. The summed E-state index contributed by atoms with van der Waals surface area (Å²) in [6.45, 7) is 7.57. The highest BCUT2D eigenvalue weighted by Gasteiger charge is 2.16. The fourth-order valence-electron chi connectivity index (χ4n) is 2.68. The zero-order chi connectivity index (χ0) is 18.9. The van der Waals surface area contributed by atoms with E-state index in [1.165, 1.54) is 0 Å². The van der Waals surface area contributed by atoms with Crippen molar-refractivity contribution < 1.29 is 10.2 Å². The molecular weight excluding hydrogens is 328 g/mol. The van der Waals surface area contributed by atoms with Crippen LogP contribution in [0.1, 0.15) is 39.8 Å². The van der Waals surface area contributed by atoms with Crippen LogP contribution < -0.4 is 0 Å². The quantitative estimate of drug-likeness (QED) is 0.630. The summed E-state index contributed by atoms with van der Waals surface area (Å²) in [6, 6.07) is 1.93. The van der Waals surface area contributed by atoms with E-state index in [1.54, 1.807) is 40.1 Å². The van der Waals surface area contributed by atoms with Crippen LogP contribution in [-0.2, 0) is 6.54 Å². The first-order chi connectivity index (χ1) is 12.1. The van der Waals surface area contributed by atoms with Gasteiger partial charge in [-0.2, -0.15) is 5.10 Å². The van der Waals surface area contributed by atoms with Gasteiger partial charge in [-0.3, -0.25) is 5.10 Å². The van der Waals surface area contributed by atoms with Crippen molar-refractivity contribution in [2.75, 3.05) is 0 Å². The molecule has 6 heteroatoms. The summed E-state index contributed by atoms with van der Waals surface area (Å²) in [6.07, 6.45) is 8.09. The lowest BCUT2D eigenvalue weighted by molar-refractivity contribution is 0.0666. The molecule has 3 aromatic rings. The molecule has 26 heavy (non-hydrogen) atoms. The number of aliphatic hydroxyl groups is 2. The molecule has 0 aliphatic carbocycles. The highest BCUT2D eigenvalue weighted by molar-refractivity contribution is 5.96. The molecule has 0 spiro atoms. The van der Waals surface area contributed by atoms with Gasteiger partial charge in [0.1, 0.15) is 11.3 Å². The van der Waals surface area contributed by atoms with Crippen molar-refractivity contribution in [3.8, 4) is 23.0 Å². The number of aromatic nitrogens is 4. The number of pyridine rings is 1. The molecule has 0 saturated heterocycles. The molecule has 3 N–H and O–H groups in total. The number of hydrogen-bond acceptors (Lipinski definition) is 4. The highest BCUT2D eigenvalue weighted by atomic mass is 16.3. The zero-order valence-corrected chi connectivity index (χ0v) is 15.5. The van der Waals surface area contributed by atoms with Gasteiger partial charge in [0, 0.05) is 35.5 Å². The van der Waals surface area contributed by atoms with Crippen molar-refractivity contribution in [3.05, 3.63) is 36.5 Å². The Hall–Kier alpha value is -2.62. The predicted molar refractivity (Wildman–Crippen MR) is 101 cm³/mol. The maximum atomic E-state index is 10.0. The molecule has 0 unspecified atom stereocenters. The van der Waals surface area contributed by atoms with Gasteiger partial charge in [-0.1, -0.05) is 5.92 Å². The monoisotopic (exact) mass is 352 g/mol. The van der Waals surface area contributed by atoms with Crippen molar-refractivity contribution in [1.29, 1.82) is 0 Å². The van der Waals surface area contributed by atoms with Crippen molar-refractivity contribution in [1.82, 2.24) is 19.7 Å². The third-order valence-electron chi connectivity index (χ3n) is 4.04. The van der Waals surface area contributed by atoms with E-state index in [-0.39, 0.29) is 0 Å². The van der Waals surface area contributed by atoms with Gasteiger partial charge in [0.25, 0.3) is 0 Å². The molecule has 136 valence electrons. The lowest BCUT2D eigenvalue weighted by Gasteiger charge is -2.17. The summed E-state index contributed by atoms with van der Waals surface area (Å²) in [7, 11) is 0. The summed E-state index contributed by atoms with van der Waals surface area (Å²) in [5.41, 5.74) is 1.77. The Kier molecular flexibility index (Phi) is 4.61. The summed E-state index contributed by atoms with van der Waals surface area (Å²) in [5, 5.41) is 27.7. The summed E-state index contributed by atoms with van der Waals surface area (Å²) in [4.78, 5) is 4.42. The lowest BCUT2D eigenvalue weighted by Crippen LogP contribution is -2.20. The molecule has 0 amide bonds. The molecule has 0 aliphatic heterocycles. The number of fused-ring (bicyclic) bond motifs is 1. The molecule has 3 aromatic heterocycles. The maximum absolute atomic E-state index is 10.0. The number of nitrogens with one attached hydrogen (secondary N) is 1. The van der Waals surface area contributed by atoms with Crippen LogP contribution in [0.4, 0.5) is 0 Å². The number of aromatic amines is 1. The largest absolute Gasteiger partial charge is 0.390 e. The number of H-pyrrole nitrogens is 1. The minimum atomic E-state index is -1.07. The normalized spacial score (nSPS) is 12.2. The van der Waals surface area contributed by atoms with Gasteiger partial charge in [0.15, 0.2) is 0 Å². The number of nitrogens with zero attached hydrogens (tertiary/aromatic N) is 3. The summed E-state index contributed by atoms with van der Waals surface area (Å²) >= 11 is 0. The third-order valence-corrected chi connectivity index (χ3v) is 4.04. The fourth-order valence-corrected chi connectivity index (χ4v) is 2.68. The average molecular weight is 352 g/mol. The molecule has 0 radical (unpaired) electrons. The maximum Gasteiger partial charge on any atom is 0.120 e. The Morgan fingerprint density at radius 2 is 1.96 bits per heavy atom. The van der Waals surface area contributed by atoms with Crippen molar-refractivity contribution in [2.45, 2.75) is 51.9 Å². The summed E-state index contributed by atoms with van der Waals surface area (Å²) < 4.78 is 2.09. The SMILES string of the molecule is CC(C)(O)C#Cc1cc2c(-c3cn[nH]c3)cn(CCC(C)(C)O)c2cn1. The molecule has 6 nitrogen and oxygen atoms in total. The Morgan fingerprint density at radius 1 is 1.19 bits per heavy atom. The molecule has 0 fully saturated rings.